The van der Waals surface area contributed by atoms with Gasteiger partial charge in [0.1, 0.15) is 0 Å². The molecule has 0 heterocycles. The predicted octanol–water partition coefficient (Wildman–Crippen LogP) is 5.00. The quantitative estimate of drug-likeness (QED) is 0.705. The number of nitrogens with zero attached hydrogens (tertiary/aromatic N) is 1. The summed E-state index contributed by atoms with van der Waals surface area (Å²) in [5.41, 5.74) is -2.04. The maximum absolute atomic E-state index is 13.0. The van der Waals surface area contributed by atoms with E-state index in [0.717, 1.165) is 29.2 Å². The van der Waals surface area contributed by atoms with Crippen molar-refractivity contribution in [2.45, 2.75) is 18.9 Å². The first-order valence-electron chi connectivity index (χ1n) is 7.08. The smallest absolute Gasteiger partial charge is 0.337 e. The van der Waals surface area contributed by atoms with Crippen molar-refractivity contribution < 1.29 is 31.1 Å². The highest BCUT2D eigenvalue weighted by atomic mass is 19.4. The summed E-state index contributed by atoms with van der Waals surface area (Å²) in [5.74, 6) is -0.868. The summed E-state index contributed by atoms with van der Waals surface area (Å²) in [4.78, 5) is 13.3. The standard InChI is InChI=1S/C17H13F6NO/c1-24(10-11-6-8-12(9-7-11)16(18,19)20)15(25)13-4-2-3-5-14(13)17(21,22)23/h2-9H,10H2,1H3. The van der Waals surface area contributed by atoms with Gasteiger partial charge in [0.15, 0.2) is 0 Å². The van der Waals surface area contributed by atoms with Crippen molar-refractivity contribution in [1.29, 1.82) is 0 Å². The molecule has 0 aliphatic rings. The van der Waals surface area contributed by atoms with E-state index in [-0.39, 0.29) is 6.54 Å². The van der Waals surface area contributed by atoms with Gasteiger partial charge in [-0.25, -0.2) is 0 Å². The second-order valence-electron chi connectivity index (χ2n) is 5.40. The zero-order valence-electron chi connectivity index (χ0n) is 12.9. The van der Waals surface area contributed by atoms with Crippen molar-refractivity contribution in [3.8, 4) is 0 Å². The van der Waals surface area contributed by atoms with Crippen LogP contribution in [0.1, 0.15) is 27.0 Å². The second-order valence-corrected chi connectivity index (χ2v) is 5.40. The maximum Gasteiger partial charge on any atom is 0.417 e. The van der Waals surface area contributed by atoms with Crippen LogP contribution in [0.5, 0.6) is 0 Å². The van der Waals surface area contributed by atoms with Crippen LogP contribution in [-0.2, 0) is 18.9 Å². The van der Waals surface area contributed by atoms with Gasteiger partial charge in [0.25, 0.3) is 5.91 Å². The van der Waals surface area contributed by atoms with Gasteiger partial charge >= 0.3 is 12.4 Å². The Hall–Kier alpha value is -2.51. The van der Waals surface area contributed by atoms with Gasteiger partial charge in [-0.2, -0.15) is 26.3 Å². The van der Waals surface area contributed by atoms with Crippen LogP contribution in [-0.4, -0.2) is 17.9 Å². The SMILES string of the molecule is CN(Cc1ccc(C(F)(F)F)cc1)C(=O)c1ccccc1C(F)(F)F. The molecule has 0 bridgehead atoms. The molecule has 0 N–H and O–H groups in total. The molecule has 2 aromatic rings. The fourth-order valence-corrected chi connectivity index (χ4v) is 2.27. The van der Waals surface area contributed by atoms with Crippen molar-refractivity contribution in [2.24, 2.45) is 0 Å². The number of rotatable bonds is 3. The van der Waals surface area contributed by atoms with E-state index >= 15 is 0 Å². The lowest BCUT2D eigenvalue weighted by Crippen LogP contribution is -2.28. The number of hydrogen-bond donors (Lipinski definition) is 0. The van der Waals surface area contributed by atoms with Crippen LogP contribution in [0.4, 0.5) is 26.3 Å². The highest BCUT2D eigenvalue weighted by Gasteiger charge is 2.35. The predicted molar refractivity (Wildman–Crippen MR) is 78.7 cm³/mol. The minimum absolute atomic E-state index is 0.122. The Morgan fingerprint density at radius 3 is 1.96 bits per heavy atom. The van der Waals surface area contributed by atoms with Gasteiger partial charge in [-0.3, -0.25) is 4.79 Å². The topological polar surface area (TPSA) is 20.3 Å². The van der Waals surface area contributed by atoms with E-state index in [4.69, 9.17) is 0 Å². The zero-order valence-corrected chi connectivity index (χ0v) is 12.9. The Labute approximate surface area is 139 Å². The molecule has 0 aromatic heterocycles. The van der Waals surface area contributed by atoms with Gasteiger partial charge in [0, 0.05) is 13.6 Å². The molecule has 0 saturated heterocycles. The minimum Gasteiger partial charge on any atom is -0.337 e. The molecule has 0 atom stereocenters. The van der Waals surface area contributed by atoms with Crippen LogP contribution in [0, 0.1) is 0 Å². The van der Waals surface area contributed by atoms with E-state index < -0.39 is 35.0 Å². The van der Waals surface area contributed by atoms with Crippen molar-refractivity contribution in [2.75, 3.05) is 7.05 Å². The number of amides is 1. The number of carbonyl (C=O) groups excluding carboxylic acids is 1. The van der Waals surface area contributed by atoms with E-state index in [1.165, 1.54) is 31.3 Å². The molecular weight excluding hydrogens is 348 g/mol. The molecule has 0 aliphatic carbocycles. The van der Waals surface area contributed by atoms with Gasteiger partial charge in [-0.1, -0.05) is 24.3 Å². The maximum atomic E-state index is 13.0. The highest BCUT2D eigenvalue weighted by molar-refractivity contribution is 5.95. The van der Waals surface area contributed by atoms with Crippen LogP contribution < -0.4 is 0 Å². The summed E-state index contributed by atoms with van der Waals surface area (Å²) in [6.07, 6.45) is -9.16. The van der Waals surface area contributed by atoms with Gasteiger partial charge in [0.2, 0.25) is 0 Å². The summed E-state index contributed by atoms with van der Waals surface area (Å²) < 4.78 is 76.5. The molecule has 0 aliphatic heterocycles. The van der Waals surface area contributed by atoms with E-state index in [9.17, 15) is 31.1 Å². The summed E-state index contributed by atoms with van der Waals surface area (Å²) in [6, 6.07) is 8.44. The number of benzene rings is 2. The van der Waals surface area contributed by atoms with Crippen LogP contribution >= 0.6 is 0 Å². The van der Waals surface area contributed by atoms with Crippen LogP contribution in [0.25, 0.3) is 0 Å². The summed E-state index contributed by atoms with van der Waals surface area (Å²) in [5, 5.41) is 0. The number of alkyl halides is 6. The summed E-state index contributed by atoms with van der Waals surface area (Å²) >= 11 is 0. The Bertz CT molecular complexity index is 749. The Kier molecular flexibility index (Phi) is 5.10. The van der Waals surface area contributed by atoms with Gasteiger partial charge < -0.3 is 4.90 Å². The molecule has 1 amide bonds. The Morgan fingerprint density at radius 2 is 1.44 bits per heavy atom. The number of hydrogen-bond acceptors (Lipinski definition) is 1. The van der Waals surface area contributed by atoms with Crippen LogP contribution in [0.2, 0.25) is 0 Å². The molecule has 2 rings (SSSR count). The van der Waals surface area contributed by atoms with E-state index in [0.29, 0.717) is 5.56 Å². The molecule has 0 unspecified atom stereocenters. The lowest BCUT2D eigenvalue weighted by molar-refractivity contribution is -0.138. The van der Waals surface area contributed by atoms with Crippen molar-refractivity contribution in [3.63, 3.8) is 0 Å². The molecule has 0 fully saturated rings. The molecule has 2 nitrogen and oxygen atoms in total. The molecule has 2 aromatic carbocycles. The van der Waals surface area contributed by atoms with E-state index in [1.54, 1.807) is 0 Å². The largest absolute Gasteiger partial charge is 0.417 e. The Morgan fingerprint density at radius 1 is 0.880 bits per heavy atom. The monoisotopic (exact) mass is 361 g/mol. The lowest BCUT2D eigenvalue weighted by Gasteiger charge is -2.20. The molecule has 0 saturated carbocycles. The normalized spacial score (nSPS) is 12.1. The summed E-state index contributed by atoms with van der Waals surface area (Å²) in [7, 11) is 1.28. The Balaban J connectivity index is 2.19. The molecule has 134 valence electrons. The van der Waals surface area contributed by atoms with Crippen LogP contribution in [0.15, 0.2) is 48.5 Å². The number of carbonyl (C=O) groups is 1. The van der Waals surface area contributed by atoms with Gasteiger partial charge in [0.05, 0.1) is 16.7 Å². The van der Waals surface area contributed by atoms with Crippen molar-refractivity contribution in [1.82, 2.24) is 4.90 Å². The third-order valence-corrected chi connectivity index (χ3v) is 3.51. The lowest BCUT2D eigenvalue weighted by atomic mass is 10.1. The average molecular weight is 361 g/mol. The third-order valence-electron chi connectivity index (χ3n) is 3.51. The van der Waals surface area contributed by atoms with E-state index in [1.807, 2.05) is 0 Å². The van der Waals surface area contributed by atoms with Gasteiger partial charge in [-0.15, -0.1) is 0 Å². The molecule has 0 radical (unpaired) electrons. The van der Waals surface area contributed by atoms with Crippen molar-refractivity contribution >= 4 is 5.91 Å². The first-order valence-corrected chi connectivity index (χ1v) is 7.08. The molecular formula is C17H13F6NO. The van der Waals surface area contributed by atoms with E-state index in [2.05, 4.69) is 0 Å². The highest BCUT2D eigenvalue weighted by Crippen LogP contribution is 2.32. The second kappa shape index (κ2) is 6.78. The fraction of sp³-hybridized carbons (Fsp3) is 0.235. The molecule has 25 heavy (non-hydrogen) atoms. The van der Waals surface area contributed by atoms with Crippen LogP contribution in [0.3, 0.4) is 0 Å². The minimum atomic E-state index is -4.68. The average Bonchev–Trinajstić information content (AvgIpc) is 2.53. The zero-order chi connectivity index (χ0) is 18.8. The third kappa shape index (κ3) is 4.52. The fourth-order valence-electron chi connectivity index (χ4n) is 2.27. The molecule has 8 heteroatoms. The summed E-state index contributed by atoms with van der Waals surface area (Å²) in [6.45, 7) is -0.122. The number of halogens is 6. The molecule has 0 spiro atoms. The first-order chi connectivity index (χ1) is 11.5. The first kappa shape index (κ1) is 18.8. The van der Waals surface area contributed by atoms with Crippen molar-refractivity contribution in [3.05, 3.63) is 70.8 Å². The van der Waals surface area contributed by atoms with Gasteiger partial charge in [-0.05, 0) is 29.8 Å².